The van der Waals surface area contributed by atoms with Crippen LogP contribution in [0.1, 0.15) is 30.4 Å². The lowest BCUT2D eigenvalue weighted by atomic mass is 10.1. The third-order valence-electron chi connectivity index (χ3n) is 2.94. The standard InChI is InChI=1S/C16H23FN2O/c1-19(8-3-2-4-9-20)13-15-10-14(6-5-7-18)11-16(17)12-15/h10-12,20H,2-4,7-9,13,18H2,1H3. The molecule has 3 N–H and O–H groups in total. The van der Waals surface area contributed by atoms with Crippen LogP contribution in [0.3, 0.4) is 0 Å². The Kier molecular flexibility index (Phi) is 7.89. The quantitative estimate of drug-likeness (QED) is 0.590. The first-order chi connectivity index (χ1) is 9.65. The number of benzene rings is 1. The second kappa shape index (κ2) is 9.49. The molecular weight excluding hydrogens is 255 g/mol. The summed E-state index contributed by atoms with van der Waals surface area (Å²) in [5.41, 5.74) is 6.90. The number of hydrogen-bond donors (Lipinski definition) is 2. The lowest BCUT2D eigenvalue weighted by Gasteiger charge is -2.16. The van der Waals surface area contributed by atoms with Crippen molar-refractivity contribution in [2.75, 3.05) is 26.7 Å². The molecule has 0 saturated heterocycles. The van der Waals surface area contributed by atoms with Gasteiger partial charge in [0.2, 0.25) is 0 Å². The first-order valence-corrected chi connectivity index (χ1v) is 6.93. The summed E-state index contributed by atoms with van der Waals surface area (Å²) in [6.07, 6.45) is 2.88. The molecule has 0 aliphatic carbocycles. The fraction of sp³-hybridized carbons (Fsp3) is 0.500. The molecule has 0 unspecified atom stereocenters. The van der Waals surface area contributed by atoms with Crippen molar-refractivity contribution < 1.29 is 9.50 Å². The van der Waals surface area contributed by atoms with Gasteiger partial charge in [-0.05, 0) is 56.6 Å². The monoisotopic (exact) mass is 278 g/mol. The summed E-state index contributed by atoms with van der Waals surface area (Å²) in [5.74, 6) is 5.33. The van der Waals surface area contributed by atoms with Crippen LogP contribution in [-0.4, -0.2) is 36.8 Å². The van der Waals surface area contributed by atoms with Gasteiger partial charge in [0.1, 0.15) is 5.82 Å². The van der Waals surface area contributed by atoms with E-state index < -0.39 is 0 Å². The van der Waals surface area contributed by atoms with Gasteiger partial charge >= 0.3 is 0 Å². The van der Waals surface area contributed by atoms with Crippen LogP contribution in [0.15, 0.2) is 18.2 Å². The predicted octanol–water partition coefficient (Wildman–Crippen LogP) is 1.73. The zero-order valence-electron chi connectivity index (χ0n) is 12.0. The maximum absolute atomic E-state index is 13.5. The zero-order chi connectivity index (χ0) is 14.8. The molecule has 110 valence electrons. The Bertz CT molecular complexity index is 465. The second-order valence-corrected chi connectivity index (χ2v) is 4.88. The van der Waals surface area contributed by atoms with Gasteiger partial charge in [-0.1, -0.05) is 11.8 Å². The SMILES string of the molecule is CN(CCCCCO)Cc1cc(F)cc(C#CCN)c1. The fourth-order valence-corrected chi connectivity index (χ4v) is 2.03. The minimum atomic E-state index is -0.266. The summed E-state index contributed by atoms with van der Waals surface area (Å²) in [6.45, 7) is 2.14. The second-order valence-electron chi connectivity index (χ2n) is 4.88. The van der Waals surface area contributed by atoms with Crippen molar-refractivity contribution in [3.05, 3.63) is 35.1 Å². The molecule has 1 aromatic carbocycles. The molecule has 0 heterocycles. The topological polar surface area (TPSA) is 49.5 Å². The summed E-state index contributed by atoms with van der Waals surface area (Å²) in [4.78, 5) is 2.15. The van der Waals surface area contributed by atoms with E-state index in [1.807, 2.05) is 13.1 Å². The molecule has 0 aliphatic rings. The normalized spacial score (nSPS) is 10.4. The lowest BCUT2D eigenvalue weighted by Crippen LogP contribution is -2.19. The van der Waals surface area contributed by atoms with Gasteiger partial charge in [0.25, 0.3) is 0 Å². The number of hydrogen-bond acceptors (Lipinski definition) is 3. The van der Waals surface area contributed by atoms with Gasteiger partial charge in [-0.15, -0.1) is 0 Å². The Morgan fingerprint density at radius 2 is 2.05 bits per heavy atom. The highest BCUT2D eigenvalue weighted by Crippen LogP contribution is 2.11. The number of nitrogens with two attached hydrogens (primary N) is 1. The Hall–Kier alpha value is -1.41. The van der Waals surface area contributed by atoms with Crippen LogP contribution in [-0.2, 0) is 6.54 Å². The van der Waals surface area contributed by atoms with E-state index in [0.717, 1.165) is 31.4 Å². The van der Waals surface area contributed by atoms with Gasteiger partial charge in [0.15, 0.2) is 0 Å². The number of aliphatic hydroxyl groups is 1. The van der Waals surface area contributed by atoms with E-state index in [2.05, 4.69) is 16.7 Å². The van der Waals surface area contributed by atoms with E-state index in [1.54, 1.807) is 0 Å². The van der Waals surface area contributed by atoms with E-state index in [4.69, 9.17) is 10.8 Å². The number of aliphatic hydroxyl groups excluding tert-OH is 1. The minimum Gasteiger partial charge on any atom is -0.396 e. The van der Waals surface area contributed by atoms with Gasteiger partial charge in [-0.25, -0.2) is 4.39 Å². The molecule has 0 bridgehead atoms. The highest BCUT2D eigenvalue weighted by atomic mass is 19.1. The molecule has 0 aliphatic heterocycles. The summed E-state index contributed by atoms with van der Waals surface area (Å²) in [5, 5.41) is 8.72. The molecule has 0 spiro atoms. The predicted molar refractivity (Wildman–Crippen MR) is 79.6 cm³/mol. The van der Waals surface area contributed by atoms with Crippen LogP contribution in [0.2, 0.25) is 0 Å². The number of unbranched alkanes of at least 4 members (excludes halogenated alkanes) is 2. The molecular formula is C16H23FN2O. The Morgan fingerprint density at radius 1 is 1.25 bits per heavy atom. The lowest BCUT2D eigenvalue weighted by molar-refractivity contribution is 0.271. The maximum Gasteiger partial charge on any atom is 0.124 e. The molecule has 0 saturated carbocycles. The van der Waals surface area contributed by atoms with Crippen molar-refractivity contribution in [3.63, 3.8) is 0 Å². The van der Waals surface area contributed by atoms with E-state index in [9.17, 15) is 4.39 Å². The van der Waals surface area contributed by atoms with E-state index in [-0.39, 0.29) is 19.0 Å². The molecule has 1 rings (SSSR count). The summed E-state index contributed by atoms with van der Waals surface area (Å²) >= 11 is 0. The number of nitrogens with zero attached hydrogens (tertiary/aromatic N) is 1. The molecule has 0 radical (unpaired) electrons. The third kappa shape index (κ3) is 6.67. The first-order valence-electron chi connectivity index (χ1n) is 6.93. The average molecular weight is 278 g/mol. The van der Waals surface area contributed by atoms with Crippen LogP contribution >= 0.6 is 0 Å². The molecule has 0 aromatic heterocycles. The van der Waals surface area contributed by atoms with Crippen molar-refractivity contribution in [1.82, 2.24) is 4.90 Å². The number of rotatable bonds is 7. The fourth-order valence-electron chi connectivity index (χ4n) is 2.03. The Morgan fingerprint density at radius 3 is 2.75 bits per heavy atom. The van der Waals surface area contributed by atoms with Crippen molar-refractivity contribution in [1.29, 1.82) is 0 Å². The van der Waals surface area contributed by atoms with Crippen LogP contribution in [0.25, 0.3) is 0 Å². The first kappa shape index (κ1) is 16.6. The highest BCUT2D eigenvalue weighted by molar-refractivity contribution is 5.37. The van der Waals surface area contributed by atoms with E-state index in [0.29, 0.717) is 12.1 Å². The van der Waals surface area contributed by atoms with Crippen molar-refractivity contribution >= 4 is 0 Å². The Labute approximate surface area is 120 Å². The van der Waals surface area contributed by atoms with Crippen molar-refractivity contribution in [2.45, 2.75) is 25.8 Å². The molecule has 0 fully saturated rings. The molecule has 3 nitrogen and oxygen atoms in total. The van der Waals surface area contributed by atoms with Crippen molar-refractivity contribution in [3.8, 4) is 11.8 Å². The molecule has 20 heavy (non-hydrogen) atoms. The van der Waals surface area contributed by atoms with Crippen LogP contribution < -0.4 is 5.73 Å². The molecule has 0 amide bonds. The smallest absolute Gasteiger partial charge is 0.124 e. The van der Waals surface area contributed by atoms with Crippen molar-refractivity contribution in [2.24, 2.45) is 5.73 Å². The van der Waals surface area contributed by atoms with Crippen LogP contribution in [0, 0.1) is 17.7 Å². The largest absolute Gasteiger partial charge is 0.396 e. The molecule has 1 aromatic rings. The summed E-state index contributed by atoms with van der Waals surface area (Å²) in [7, 11) is 2.01. The Balaban J connectivity index is 2.55. The van der Waals surface area contributed by atoms with Gasteiger partial charge in [-0.2, -0.15) is 0 Å². The summed E-state index contributed by atoms with van der Waals surface area (Å²) < 4.78 is 13.5. The average Bonchev–Trinajstić information content (AvgIpc) is 2.41. The van der Waals surface area contributed by atoms with Gasteiger partial charge in [0.05, 0.1) is 6.54 Å². The van der Waals surface area contributed by atoms with E-state index >= 15 is 0 Å². The maximum atomic E-state index is 13.5. The zero-order valence-corrected chi connectivity index (χ0v) is 12.0. The third-order valence-corrected chi connectivity index (χ3v) is 2.94. The highest BCUT2D eigenvalue weighted by Gasteiger charge is 2.03. The molecule has 0 atom stereocenters. The summed E-state index contributed by atoms with van der Waals surface area (Å²) in [6, 6.07) is 4.86. The minimum absolute atomic E-state index is 0.247. The van der Waals surface area contributed by atoms with Gasteiger partial charge < -0.3 is 15.7 Å². The molecule has 4 heteroatoms. The van der Waals surface area contributed by atoms with Gasteiger partial charge in [-0.3, -0.25) is 0 Å². The van der Waals surface area contributed by atoms with E-state index in [1.165, 1.54) is 12.1 Å². The van der Waals surface area contributed by atoms with Crippen LogP contribution in [0.5, 0.6) is 0 Å². The van der Waals surface area contributed by atoms with Crippen LogP contribution in [0.4, 0.5) is 4.39 Å². The van der Waals surface area contributed by atoms with Gasteiger partial charge in [0, 0.05) is 18.7 Å². The number of halogens is 1.